The van der Waals surface area contributed by atoms with Crippen LogP contribution in [0.25, 0.3) is 12.2 Å². The highest BCUT2D eigenvalue weighted by molar-refractivity contribution is 6.05. The van der Waals surface area contributed by atoms with Gasteiger partial charge in [0.25, 0.3) is 0 Å². The number of aromatic nitrogens is 2. The molecule has 1 fully saturated rings. The molecule has 0 spiro atoms. The standard InChI is InChI=1S/C61H67N3O7/c65-28-25-52-56(68)22-17-41-31-46(59(69)57(33-41)71-48-10-4-5-11-48)30-40-16-20-49(44(37-66)19-13-38-7-2-1-3-8-38)45(29-40)34-43-23-26-63-61(43)64-36-47-35-54-51(24-27-62-54)53(58(47)60(52)70)32-39-14-18-42-9-6-12-55(67)50(42)21-15-39/h1-3,6-9,12,15-16,20-21,23-24,26-27,29,31,33,35,39,44,48,52-53,58,62-67,69H,4-5,10-11,13-14,17-19,22,25,28,30,32,34,36-37H2/t39-,44-,52-,53-,58+/m0/s1. The third-order valence-corrected chi connectivity index (χ3v) is 15.9. The van der Waals surface area contributed by atoms with E-state index in [0.29, 0.717) is 43.5 Å². The van der Waals surface area contributed by atoms with Gasteiger partial charge in [-0.3, -0.25) is 9.59 Å². The van der Waals surface area contributed by atoms with E-state index in [1.165, 1.54) is 5.56 Å². The fraction of sp³-hybridized carbons (Fsp3) is 0.377. The van der Waals surface area contributed by atoms with Crippen LogP contribution in [0.1, 0.15) is 131 Å². The highest BCUT2D eigenvalue weighted by atomic mass is 16.5. The summed E-state index contributed by atoms with van der Waals surface area (Å²) in [5, 5.41) is 48.0. The smallest absolute Gasteiger partial charge is 0.161 e. The average molecular weight is 954 g/mol. The van der Waals surface area contributed by atoms with Crippen molar-refractivity contribution in [2.45, 2.75) is 108 Å². The fourth-order valence-corrected chi connectivity index (χ4v) is 12.1. The van der Waals surface area contributed by atoms with Gasteiger partial charge in [-0.2, -0.15) is 0 Å². The van der Waals surface area contributed by atoms with Crippen molar-refractivity contribution in [2.75, 3.05) is 25.1 Å². The first-order valence-corrected chi connectivity index (χ1v) is 25.9. The molecule has 0 saturated heterocycles. The maximum Gasteiger partial charge on any atom is 0.161 e. The fourth-order valence-electron chi connectivity index (χ4n) is 12.1. The van der Waals surface area contributed by atoms with Crippen molar-refractivity contribution < 1.29 is 34.8 Å². The third kappa shape index (κ3) is 10.7. The number of anilines is 1. The van der Waals surface area contributed by atoms with Crippen LogP contribution < -0.4 is 10.1 Å². The largest absolute Gasteiger partial charge is 0.507 e. The lowest BCUT2D eigenvalue weighted by Crippen LogP contribution is -2.38. The lowest BCUT2D eigenvalue weighted by atomic mass is 9.67. The van der Waals surface area contributed by atoms with E-state index in [4.69, 9.17) is 4.74 Å². The lowest BCUT2D eigenvalue weighted by Gasteiger charge is -2.36. The molecule has 0 amide bonds. The monoisotopic (exact) mass is 953 g/mol. The highest BCUT2D eigenvalue weighted by Gasteiger charge is 2.42. The summed E-state index contributed by atoms with van der Waals surface area (Å²) < 4.78 is 6.53. The number of ether oxygens (including phenoxy) is 1. The Bertz CT molecular complexity index is 2900. The maximum absolute atomic E-state index is 15.6. The molecule has 71 heavy (non-hydrogen) atoms. The van der Waals surface area contributed by atoms with E-state index in [0.717, 1.165) is 113 Å². The third-order valence-electron chi connectivity index (χ3n) is 15.9. The Morgan fingerprint density at radius 3 is 2.42 bits per heavy atom. The van der Waals surface area contributed by atoms with E-state index in [2.05, 4.69) is 88.1 Å². The summed E-state index contributed by atoms with van der Waals surface area (Å²) in [5.41, 5.74) is 11.7. The number of phenols is 2. The number of H-pyrrole nitrogens is 2. The number of aromatic amines is 2. The number of hydrogen-bond acceptors (Lipinski definition) is 8. The molecule has 6 aromatic rings. The van der Waals surface area contributed by atoms with Gasteiger partial charge in [-0.15, -0.1) is 0 Å². The number of fused-ring (bicyclic) bond motifs is 8. The molecule has 3 heterocycles. The van der Waals surface area contributed by atoms with Crippen LogP contribution in [0.15, 0.2) is 115 Å². The van der Waals surface area contributed by atoms with Crippen molar-refractivity contribution >= 4 is 29.5 Å². The van der Waals surface area contributed by atoms with Crippen LogP contribution in [0, 0.1) is 17.8 Å². The number of ketones is 2. The zero-order chi connectivity index (χ0) is 48.8. The van der Waals surface area contributed by atoms with Gasteiger partial charge in [0.1, 0.15) is 17.4 Å². The molecule has 5 atom stereocenters. The second-order valence-electron chi connectivity index (χ2n) is 20.5. The number of aryl methyl sites for hydroxylation is 3. The minimum atomic E-state index is -1.03. The Balaban J connectivity index is 1.05. The second-order valence-corrected chi connectivity index (χ2v) is 20.5. The van der Waals surface area contributed by atoms with Crippen LogP contribution in [-0.2, 0) is 41.7 Å². The topological polar surface area (TPSA) is 168 Å². The summed E-state index contributed by atoms with van der Waals surface area (Å²) in [7, 11) is 0. The number of aliphatic hydroxyl groups excluding tert-OH is 2. The first-order chi connectivity index (χ1) is 34.7. The first-order valence-electron chi connectivity index (χ1n) is 25.9. The van der Waals surface area contributed by atoms with Gasteiger partial charge in [0.15, 0.2) is 17.3 Å². The quantitative estimate of drug-likeness (QED) is 0.0630. The summed E-state index contributed by atoms with van der Waals surface area (Å²) in [6.07, 6.45) is 19.3. The number of aromatic hydroxyl groups is 2. The van der Waals surface area contributed by atoms with Crippen molar-refractivity contribution in [1.29, 1.82) is 0 Å². The highest BCUT2D eigenvalue weighted by Crippen LogP contribution is 2.46. The van der Waals surface area contributed by atoms with Crippen molar-refractivity contribution in [3.8, 4) is 17.2 Å². The number of rotatable bonds is 11. The van der Waals surface area contributed by atoms with Crippen molar-refractivity contribution in [1.82, 2.24) is 9.97 Å². The predicted octanol–water partition coefficient (Wildman–Crippen LogP) is 10.9. The van der Waals surface area contributed by atoms with Crippen LogP contribution in [0.5, 0.6) is 17.2 Å². The van der Waals surface area contributed by atoms with Crippen LogP contribution in [0.2, 0.25) is 0 Å². The van der Waals surface area contributed by atoms with Crippen LogP contribution in [-0.4, -0.2) is 67.8 Å². The lowest BCUT2D eigenvalue weighted by molar-refractivity contribution is -0.135. The molecular weight excluding hydrogens is 887 g/mol. The Labute approximate surface area is 416 Å². The number of carbonyl (C=O) groups excluding carboxylic acids is 2. The molecular formula is C61H67N3O7. The number of Topliss-reactive ketones (excluding diaryl/α,β-unsaturated/α-hetero) is 2. The number of nitrogens with one attached hydrogen (secondary N) is 3. The van der Waals surface area contributed by atoms with Crippen molar-refractivity contribution in [3.05, 3.63) is 176 Å². The van der Waals surface area contributed by atoms with Gasteiger partial charge >= 0.3 is 0 Å². The van der Waals surface area contributed by atoms with Gasteiger partial charge in [-0.25, -0.2) is 0 Å². The van der Waals surface area contributed by atoms with E-state index >= 15 is 4.79 Å². The Kier molecular flexibility index (Phi) is 14.7. The van der Waals surface area contributed by atoms with E-state index in [9.17, 15) is 25.2 Å². The second kappa shape index (κ2) is 21.8. The molecule has 3 aliphatic carbocycles. The molecule has 1 saturated carbocycles. The maximum atomic E-state index is 15.6. The number of benzene rings is 4. The molecule has 4 aliphatic rings. The molecule has 0 radical (unpaired) electrons. The van der Waals surface area contributed by atoms with Crippen molar-refractivity contribution in [3.63, 3.8) is 0 Å². The van der Waals surface area contributed by atoms with Crippen LogP contribution >= 0.6 is 0 Å². The molecule has 10 heteroatoms. The summed E-state index contributed by atoms with van der Waals surface area (Å²) in [6.45, 7) is 0.0181. The summed E-state index contributed by atoms with van der Waals surface area (Å²) in [4.78, 5) is 37.2. The van der Waals surface area contributed by atoms with Gasteiger partial charge in [-0.05, 0) is 157 Å². The molecule has 10 rings (SSSR count). The van der Waals surface area contributed by atoms with Gasteiger partial charge in [0.2, 0.25) is 0 Å². The number of aliphatic hydroxyl groups is 2. The summed E-state index contributed by atoms with van der Waals surface area (Å²) >= 11 is 0. The summed E-state index contributed by atoms with van der Waals surface area (Å²) in [5.74, 6) is -0.798. The molecule has 7 N–H and O–H groups in total. The number of allylic oxidation sites excluding steroid dienone is 1. The molecule has 4 aromatic carbocycles. The Hall–Kier alpha value is -6.62. The predicted molar refractivity (Wildman–Crippen MR) is 279 cm³/mol. The molecule has 1 aliphatic heterocycles. The zero-order valence-corrected chi connectivity index (χ0v) is 40.5. The molecule has 10 nitrogen and oxygen atoms in total. The normalized spacial score (nSPS) is 21.0. The van der Waals surface area contributed by atoms with Gasteiger partial charge in [0.05, 0.1) is 12.0 Å². The minimum absolute atomic E-state index is 0.00432. The number of hydrogen-bond donors (Lipinski definition) is 7. The molecule has 4 bridgehead atoms. The molecule has 368 valence electrons. The van der Waals surface area contributed by atoms with Gasteiger partial charge in [0, 0.05) is 86.0 Å². The Morgan fingerprint density at radius 2 is 1.59 bits per heavy atom. The first kappa shape index (κ1) is 48.0. The number of phenolic OH excluding ortho intramolecular Hbond substituents is 2. The van der Waals surface area contributed by atoms with Gasteiger partial charge in [-0.1, -0.05) is 78.9 Å². The van der Waals surface area contributed by atoms with Crippen LogP contribution in [0.4, 0.5) is 5.82 Å². The van der Waals surface area contributed by atoms with E-state index < -0.39 is 11.8 Å². The van der Waals surface area contributed by atoms with Crippen LogP contribution in [0.3, 0.4) is 0 Å². The number of carbonyl (C=O) groups is 2. The SMILES string of the molecule is O=C1CCc2cc(c(O)c(OC3CCCC3)c2)Cc2ccc([C@H](CO)CCc3ccccc3)c(c2)Cc2cc[nH]c2NCC2=Cc3[nH]ccc3[C@H](C[C@@H]3C=Cc4c(O)cccc4CC3)[C@@H]2C(=O)[C@H]1CCO. The average Bonchev–Trinajstić information content (AvgIpc) is 4.16. The van der Waals surface area contributed by atoms with E-state index in [-0.39, 0.29) is 73.0 Å². The minimum Gasteiger partial charge on any atom is -0.507 e. The summed E-state index contributed by atoms with van der Waals surface area (Å²) in [6, 6.07) is 30.5. The van der Waals surface area contributed by atoms with E-state index in [1.807, 2.05) is 42.7 Å². The van der Waals surface area contributed by atoms with E-state index in [1.54, 1.807) is 6.07 Å². The van der Waals surface area contributed by atoms with Gasteiger partial charge < -0.3 is 40.4 Å². The molecule has 2 aromatic heterocycles. The van der Waals surface area contributed by atoms with Crippen molar-refractivity contribution in [2.24, 2.45) is 17.8 Å². The molecule has 0 unspecified atom stereocenters. The Morgan fingerprint density at radius 1 is 0.761 bits per heavy atom. The zero-order valence-electron chi connectivity index (χ0n) is 40.5.